The van der Waals surface area contributed by atoms with E-state index in [0.717, 1.165) is 26.2 Å². The summed E-state index contributed by atoms with van der Waals surface area (Å²) >= 11 is 0. The lowest BCUT2D eigenvalue weighted by atomic mass is 9.83. The summed E-state index contributed by atoms with van der Waals surface area (Å²) in [5.74, 6) is 0.486. The molecule has 3 nitrogen and oxygen atoms in total. The summed E-state index contributed by atoms with van der Waals surface area (Å²) in [7, 11) is 0. The summed E-state index contributed by atoms with van der Waals surface area (Å²) in [6.07, 6.45) is 0. The van der Waals surface area contributed by atoms with Gasteiger partial charge in [0.1, 0.15) is 0 Å². The van der Waals surface area contributed by atoms with Gasteiger partial charge in [-0.3, -0.25) is 10.2 Å². The number of nitrogens with one attached hydrogen (secondary N) is 1. The predicted molar refractivity (Wildman–Crippen MR) is 87.6 cm³/mol. The molecule has 0 unspecified atom stereocenters. The van der Waals surface area contributed by atoms with Crippen LogP contribution >= 0.6 is 0 Å². The average molecular weight is 294 g/mol. The normalized spacial score (nSPS) is 28.5. The fourth-order valence-corrected chi connectivity index (χ4v) is 3.88. The molecule has 2 saturated heterocycles. The molecule has 1 N–H and O–H groups in total. The quantitative estimate of drug-likeness (QED) is 0.942. The van der Waals surface area contributed by atoms with Gasteiger partial charge in [-0.15, -0.1) is 0 Å². The maximum absolute atomic E-state index is 5.69. The molecule has 22 heavy (non-hydrogen) atoms. The second-order valence-electron chi connectivity index (χ2n) is 6.44. The topological polar surface area (TPSA) is 24.5 Å². The van der Waals surface area contributed by atoms with Crippen LogP contribution in [0, 0.1) is 0 Å². The Kier molecular flexibility index (Phi) is 3.70. The number of rotatable bonds is 3. The highest BCUT2D eigenvalue weighted by atomic mass is 16.5. The van der Waals surface area contributed by atoms with Crippen LogP contribution in [0.15, 0.2) is 60.7 Å². The van der Waals surface area contributed by atoms with Crippen LogP contribution in [-0.4, -0.2) is 36.9 Å². The Morgan fingerprint density at radius 2 is 1.77 bits per heavy atom. The molecule has 2 heterocycles. The van der Waals surface area contributed by atoms with Crippen LogP contribution in [0.4, 0.5) is 0 Å². The lowest BCUT2D eigenvalue weighted by Gasteiger charge is -2.29. The van der Waals surface area contributed by atoms with Crippen LogP contribution in [0.5, 0.6) is 0 Å². The Balaban J connectivity index is 1.58. The summed E-state index contributed by atoms with van der Waals surface area (Å²) in [5, 5.41) is 3.63. The molecule has 0 radical (unpaired) electrons. The number of nitrogens with zero attached hydrogens (tertiary/aromatic N) is 1. The first-order valence-corrected chi connectivity index (χ1v) is 8.00. The summed E-state index contributed by atoms with van der Waals surface area (Å²) in [6, 6.07) is 21.6. The minimum atomic E-state index is 0.0656. The largest absolute Gasteiger partial charge is 0.364 e. The molecular formula is C19H22N2O. The molecule has 2 fully saturated rings. The van der Waals surface area contributed by atoms with Gasteiger partial charge >= 0.3 is 0 Å². The van der Waals surface area contributed by atoms with Crippen molar-refractivity contribution < 1.29 is 4.74 Å². The SMILES string of the molecule is c1ccc(CN2C[C@H](c3ccccc3)[C@]3(COCN3)C2)cc1. The van der Waals surface area contributed by atoms with Gasteiger partial charge in [-0.2, -0.15) is 0 Å². The predicted octanol–water partition coefficient (Wildman–Crippen LogP) is 2.60. The Morgan fingerprint density at radius 1 is 1.05 bits per heavy atom. The average Bonchev–Trinajstić information content (AvgIpc) is 3.17. The highest BCUT2D eigenvalue weighted by Crippen LogP contribution is 2.38. The van der Waals surface area contributed by atoms with Gasteiger partial charge in [0.2, 0.25) is 0 Å². The van der Waals surface area contributed by atoms with Gasteiger partial charge < -0.3 is 4.74 Å². The van der Waals surface area contributed by atoms with E-state index >= 15 is 0 Å². The van der Waals surface area contributed by atoms with Crippen molar-refractivity contribution in [3.05, 3.63) is 71.8 Å². The van der Waals surface area contributed by atoms with Gasteiger partial charge in [0.05, 0.1) is 18.9 Å². The minimum absolute atomic E-state index is 0.0656. The van der Waals surface area contributed by atoms with Crippen LogP contribution in [0.2, 0.25) is 0 Å². The standard InChI is InChI=1S/C19H22N2O/c1-3-7-16(8-4-1)11-21-12-18(17-9-5-2-6-10-17)19(13-21)14-22-15-20-19/h1-10,18,20H,11-15H2/t18-,19-/m1/s1. The molecule has 1 spiro atoms. The maximum Gasteiger partial charge on any atom is 0.0971 e. The van der Waals surface area contributed by atoms with Crippen molar-refractivity contribution in [2.24, 2.45) is 0 Å². The highest BCUT2D eigenvalue weighted by molar-refractivity contribution is 5.28. The molecule has 4 rings (SSSR count). The zero-order chi connectivity index (χ0) is 14.8. The van der Waals surface area contributed by atoms with Gasteiger partial charge in [0, 0.05) is 25.6 Å². The number of hydrogen-bond donors (Lipinski definition) is 1. The van der Waals surface area contributed by atoms with Gasteiger partial charge in [-0.05, 0) is 11.1 Å². The second-order valence-corrected chi connectivity index (χ2v) is 6.44. The maximum atomic E-state index is 5.69. The van der Waals surface area contributed by atoms with Gasteiger partial charge in [-0.25, -0.2) is 0 Å². The molecule has 0 aliphatic carbocycles. The third-order valence-electron chi connectivity index (χ3n) is 4.95. The van der Waals surface area contributed by atoms with Gasteiger partial charge in [0.15, 0.2) is 0 Å². The lowest BCUT2D eigenvalue weighted by molar-refractivity contribution is 0.173. The van der Waals surface area contributed by atoms with Crippen molar-refractivity contribution in [2.45, 2.75) is 18.0 Å². The van der Waals surface area contributed by atoms with Crippen molar-refractivity contribution in [2.75, 3.05) is 26.4 Å². The summed E-state index contributed by atoms with van der Waals surface area (Å²) in [5.41, 5.74) is 2.86. The number of likely N-dealkylation sites (tertiary alicyclic amines) is 1. The molecule has 2 aliphatic heterocycles. The van der Waals surface area contributed by atoms with Crippen molar-refractivity contribution in [3.8, 4) is 0 Å². The zero-order valence-corrected chi connectivity index (χ0v) is 12.7. The van der Waals surface area contributed by atoms with E-state index in [4.69, 9.17) is 4.74 Å². The van der Waals surface area contributed by atoms with E-state index in [1.807, 2.05) is 0 Å². The Hall–Kier alpha value is -1.68. The zero-order valence-electron chi connectivity index (χ0n) is 12.7. The van der Waals surface area contributed by atoms with Gasteiger partial charge in [-0.1, -0.05) is 60.7 Å². The first-order chi connectivity index (χ1) is 10.9. The second kappa shape index (κ2) is 5.84. The molecule has 0 bridgehead atoms. The molecule has 0 aromatic heterocycles. The summed E-state index contributed by atoms with van der Waals surface area (Å²) in [4.78, 5) is 2.55. The smallest absolute Gasteiger partial charge is 0.0971 e. The molecule has 114 valence electrons. The fraction of sp³-hybridized carbons (Fsp3) is 0.368. The fourth-order valence-electron chi connectivity index (χ4n) is 3.88. The Labute approximate surface area is 131 Å². The number of hydrogen-bond acceptors (Lipinski definition) is 3. The molecule has 0 amide bonds. The molecule has 0 saturated carbocycles. The third-order valence-corrected chi connectivity index (χ3v) is 4.95. The Bertz CT molecular complexity index is 608. The van der Waals surface area contributed by atoms with Crippen LogP contribution in [-0.2, 0) is 11.3 Å². The van der Waals surface area contributed by atoms with Gasteiger partial charge in [0.25, 0.3) is 0 Å². The van der Waals surface area contributed by atoms with Crippen LogP contribution in [0.3, 0.4) is 0 Å². The molecular weight excluding hydrogens is 272 g/mol. The molecule has 2 aliphatic rings. The van der Waals surface area contributed by atoms with Crippen molar-refractivity contribution in [1.82, 2.24) is 10.2 Å². The van der Waals surface area contributed by atoms with E-state index in [1.165, 1.54) is 11.1 Å². The van der Waals surface area contributed by atoms with E-state index < -0.39 is 0 Å². The molecule has 2 aromatic carbocycles. The lowest BCUT2D eigenvalue weighted by Crippen LogP contribution is -2.48. The van der Waals surface area contributed by atoms with E-state index in [9.17, 15) is 0 Å². The van der Waals surface area contributed by atoms with Crippen LogP contribution in [0.1, 0.15) is 17.0 Å². The highest BCUT2D eigenvalue weighted by Gasteiger charge is 2.49. The van der Waals surface area contributed by atoms with Crippen molar-refractivity contribution in [1.29, 1.82) is 0 Å². The number of ether oxygens (including phenoxy) is 1. The minimum Gasteiger partial charge on any atom is -0.364 e. The van der Waals surface area contributed by atoms with E-state index in [2.05, 4.69) is 70.9 Å². The molecule has 2 atom stereocenters. The number of benzene rings is 2. The molecule has 3 heteroatoms. The Morgan fingerprint density at radius 3 is 2.45 bits per heavy atom. The van der Waals surface area contributed by atoms with E-state index in [0.29, 0.717) is 12.6 Å². The third kappa shape index (κ3) is 2.56. The van der Waals surface area contributed by atoms with E-state index in [1.54, 1.807) is 0 Å². The molecule has 2 aromatic rings. The summed E-state index contributed by atoms with van der Waals surface area (Å²) < 4.78 is 5.69. The van der Waals surface area contributed by atoms with E-state index in [-0.39, 0.29) is 5.54 Å². The van der Waals surface area contributed by atoms with Crippen LogP contribution < -0.4 is 5.32 Å². The van der Waals surface area contributed by atoms with Crippen molar-refractivity contribution >= 4 is 0 Å². The van der Waals surface area contributed by atoms with Crippen molar-refractivity contribution in [3.63, 3.8) is 0 Å². The van der Waals surface area contributed by atoms with Crippen LogP contribution in [0.25, 0.3) is 0 Å². The first-order valence-electron chi connectivity index (χ1n) is 8.00. The summed E-state index contributed by atoms with van der Waals surface area (Å²) in [6.45, 7) is 4.60. The first kappa shape index (κ1) is 13.9. The monoisotopic (exact) mass is 294 g/mol.